The minimum absolute atomic E-state index is 0.0345. The summed E-state index contributed by atoms with van der Waals surface area (Å²) in [5.74, 6) is -0.265. The van der Waals surface area contributed by atoms with Crippen molar-refractivity contribution in [3.05, 3.63) is 65.7 Å². The molecule has 0 fully saturated rings. The van der Waals surface area contributed by atoms with Gasteiger partial charge in [0.25, 0.3) is 0 Å². The average molecular weight is 442 g/mol. The molecule has 0 aromatic heterocycles. The van der Waals surface area contributed by atoms with Crippen molar-refractivity contribution in [1.82, 2.24) is 10.6 Å². The molecule has 0 saturated carbocycles. The molecule has 0 saturated heterocycles. The molecule has 0 radical (unpaired) electrons. The molecule has 0 bridgehead atoms. The van der Waals surface area contributed by atoms with Gasteiger partial charge in [-0.05, 0) is 35.6 Å². The van der Waals surface area contributed by atoms with Gasteiger partial charge in [0, 0.05) is 6.42 Å². The van der Waals surface area contributed by atoms with E-state index in [4.69, 9.17) is 15.2 Å². The number of amides is 3. The largest absolute Gasteiger partial charge is 0.497 e. The number of carbonyl (C=O) groups excluding carboxylic acids is 3. The standard InChI is InChI=1S/C24H31N3O5/c1-16(2)13-20(22(25)28)26-23(29)21(14-17-7-5-4-6-8-17)27-24(30)32-15-18-9-11-19(31-3)12-10-18/h4-12,16,20-21H,13-15H2,1-3H3,(H2,25,28)(H,26,29)(H,27,30)/t20-,21+/m1/s1. The van der Waals surface area contributed by atoms with Gasteiger partial charge in [0.05, 0.1) is 7.11 Å². The molecule has 0 spiro atoms. The van der Waals surface area contributed by atoms with Crippen molar-refractivity contribution in [2.45, 2.75) is 45.4 Å². The van der Waals surface area contributed by atoms with E-state index in [0.29, 0.717) is 12.2 Å². The summed E-state index contributed by atoms with van der Waals surface area (Å²) in [5.41, 5.74) is 7.07. The van der Waals surface area contributed by atoms with E-state index in [1.165, 1.54) is 0 Å². The van der Waals surface area contributed by atoms with Crippen LogP contribution < -0.4 is 21.1 Å². The lowest BCUT2D eigenvalue weighted by Crippen LogP contribution is -2.54. The van der Waals surface area contributed by atoms with Crippen molar-refractivity contribution in [3.63, 3.8) is 0 Å². The molecule has 4 N–H and O–H groups in total. The molecule has 0 aliphatic rings. The smallest absolute Gasteiger partial charge is 0.408 e. The zero-order valence-electron chi connectivity index (χ0n) is 18.7. The molecule has 0 unspecified atom stereocenters. The normalized spacial score (nSPS) is 12.5. The summed E-state index contributed by atoms with van der Waals surface area (Å²) in [7, 11) is 1.57. The van der Waals surface area contributed by atoms with Gasteiger partial charge in [-0.25, -0.2) is 4.79 Å². The molecule has 8 heteroatoms. The van der Waals surface area contributed by atoms with Gasteiger partial charge < -0.3 is 25.8 Å². The van der Waals surface area contributed by atoms with E-state index >= 15 is 0 Å². The van der Waals surface area contributed by atoms with Crippen LogP contribution in [0.25, 0.3) is 0 Å². The summed E-state index contributed by atoms with van der Waals surface area (Å²) in [5, 5.41) is 5.27. The number of nitrogens with one attached hydrogen (secondary N) is 2. The van der Waals surface area contributed by atoms with Crippen LogP contribution in [0.5, 0.6) is 5.75 Å². The summed E-state index contributed by atoms with van der Waals surface area (Å²) in [4.78, 5) is 37.1. The lowest BCUT2D eigenvalue weighted by Gasteiger charge is -2.23. The Kier molecular flexibility index (Phi) is 9.53. The van der Waals surface area contributed by atoms with Crippen LogP contribution in [0.3, 0.4) is 0 Å². The number of hydrogen-bond acceptors (Lipinski definition) is 5. The monoisotopic (exact) mass is 441 g/mol. The number of carbonyl (C=O) groups is 3. The van der Waals surface area contributed by atoms with E-state index in [1.54, 1.807) is 31.4 Å². The number of rotatable bonds is 11. The second kappa shape index (κ2) is 12.3. The first-order chi connectivity index (χ1) is 15.3. The maximum Gasteiger partial charge on any atom is 0.408 e. The van der Waals surface area contributed by atoms with Gasteiger partial charge in [-0.1, -0.05) is 56.3 Å². The molecule has 0 aliphatic carbocycles. The number of hydrogen-bond donors (Lipinski definition) is 3. The summed E-state index contributed by atoms with van der Waals surface area (Å²) in [6.07, 6.45) is -0.102. The van der Waals surface area contributed by atoms with Crippen LogP contribution in [-0.2, 0) is 27.4 Å². The van der Waals surface area contributed by atoms with Crippen LogP contribution in [0.15, 0.2) is 54.6 Å². The highest BCUT2D eigenvalue weighted by molar-refractivity contribution is 5.90. The fourth-order valence-electron chi connectivity index (χ4n) is 3.10. The molecule has 3 amide bonds. The van der Waals surface area contributed by atoms with Gasteiger partial charge in [0.15, 0.2) is 0 Å². The van der Waals surface area contributed by atoms with Crippen LogP contribution in [-0.4, -0.2) is 37.1 Å². The Morgan fingerprint density at radius 3 is 2.12 bits per heavy atom. The second-order valence-electron chi connectivity index (χ2n) is 7.90. The third-order valence-electron chi connectivity index (χ3n) is 4.79. The van der Waals surface area contributed by atoms with Crippen molar-refractivity contribution < 1.29 is 23.9 Å². The Labute approximate surface area is 188 Å². The first-order valence-corrected chi connectivity index (χ1v) is 10.5. The Morgan fingerprint density at radius 2 is 1.56 bits per heavy atom. The maximum atomic E-state index is 12.9. The number of benzene rings is 2. The highest BCUT2D eigenvalue weighted by Gasteiger charge is 2.27. The van der Waals surface area contributed by atoms with Gasteiger partial charge in [0.1, 0.15) is 24.4 Å². The summed E-state index contributed by atoms with van der Waals surface area (Å²) in [6.45, 7) is 3.89. The fraction of sp³-hybridized carbons (Fsp3) is 0.375. The third kappa shape index (κ3) is 8.29. The van der Waals surface area contributed by atoms with Crippen molar-refractivity contribution >= 4 is 17.9 Å². The summed E-state index contributed by atoms with van der Waals surface area (Å²) >= 11 is 0. The molecule has 0 aliphatic heterocycles. The summed E-state index contributed by atoms with van der Waals surface area (Å²) < 4.78 is 10.4. The van der Waals surface area contributed by atoms with E-state index < -0.39 is 30.0 Å². The quantitative estimate of drug-likeness (QED) is 0.495. The second-order valence-corrected chi connectivity index (χ2v) is 7.90. The lowest BCUT2D eigenvalue weighted by molar-refractivity contribution is -0.128. The number of ether oxygens (including phenoxy) is 2. The van der Waals surface area contributed by atoms with Crippen LogP contribution in [0.2, 0.25) is 0 Å². The zero-order chi connectivity index (χ0) is 23.5. The highest BCUT2D eigenvalue weighted by atomic mass is 16.5. The van der Waals surface area contributed by atoms with Crippen LogP contribution >= 0.6 is 0 Å². The van der Waals surface area contributed by atoms with Crippen molar-refractivity contribution in [3.8, 4) is 5.75 Å². The third-order valence-corrected chi connectivity index (χ3v) is 4.79. The summed E-state index contributed by atoms with van der Waals surface area (Å²) in [6, 6.07) is 14.6. The van der Waals surface area contributed by atoms with E-state index in [-0.39, 0.29) is 18.9 Å². The van der Waals surface area contributed by atoms with E-state index in [2.05, 4.69) is 10.6 Å². The lowest BCUT2D eigenvalue weighted by atomic mass is 10.0. The molecule has 2 rings (SSSR count). The minimum Gasteiger partial charge on any atom is -0.497 e. The highest BCUT2D eigenvalue weighted by Crippen LogP contribution is 2.12. The predicted octanol–water partition coefficient (Wildman–Crippen LogP) is 2.55. The first kappa shape index (κ1) is 24.7. The van der Waals surface area contributed by atoms with Crippen molar-refractivity contribution in [1.29, 1.82) is 0 Å². The van der Waals surface area contributed by atoms with E-state index in [0.717, 1.165) is 11.1 Å². The van der Waals surface area contributed by atoms with Crippen LogP contribution in [0.1, 0.15) is 31.4 Å². The van der Waals surface area contributed by atoms with Gasteiger partial charge in [-0.2, -0.15) is 0 Å². The maximum absolute atomic E-state index is 12.9. The average Bonchev–Trinajstić information content (AvgIpc) is 2.77. The van der Waals surface area contributed by atoms with Crippen molar-refractivity contribution in [2.75, 3.05) is 7.11 Å². The molecular weight excluding hydrogens is 410 g/mol. The van der Waals surface area contributed by atoms with Gasteiger partial charge >= 0.3 is 6.09 Å². The Bertz CT molecular complexity index is 884. The number of primary amides is 1. The van der Waals surface area contributed by atoms with Gasteiger partial charge in [-0.15, -0.1) is 0 Å². The SMILES string of the molecule is COc1ccc(COC(=O)N[C@@H](Cc2ccccc2)C(=O)N[C@H](CC(C)C)C(N)=O)cc1. The molecule has 2 aromatic carbocycles. The molecule has 2 aromatic rings. The number of methoxy groups -OCH3 is 1. The van der Waals surface area contributed by atoms with Crippen LogP contribution in [0, 0.1) is 5.92 Å². The van der Waals surface area contributed by atoms with E-state index in [1.807, 2.05) is 44.2 Å². The van der Waals surface area contributed by atoms with E-state index in [9.17, 15) is 14.4 Å². The molecular formula is C24H31N3O5. The zero-order valence-corrected chi connectivity index (χ0v) is 18.7. The number of alkyl carbamates (subject to hydrolysis) is 1. The minimum atomic E-state index is -0.935. The van der Waals surface area contributed by atoms with Crippen molar-refractivity contribution in [2.24, 2.45) is 11.7 Å². The number of nitrogens with two attached hydrogens (primary N) is 1. The molecule has 172 valence electrons. The molecule has 8 nitrogen and oxygen atoms in total. The predicted molar refractivity (Wildman–Crippen MR) is 121 cm³/mol. The molecule has 0 heterocycles. The van der Waals surface area contributed by atoms with Gasteiger partial charge in [0.2, 0.25) is 11.8 Å². The van der Waals surface area contributed by atoms with Gasteiger partial charge in [-0.3, -0.25) is 9.59 Å². The first-order valence-electron chi connectivity index (χ1n) is 10.5. The topological polar surface area (TPSA) is 120 Å². The Morgan fingerprint density at radius 1 is 0.906 bits per heavy atom. The Hall–Kier alpha value is -3.55. The van der Waals surface area contributed by atoms with Crippen LogP contribution in [0.4, 0.5) is 4.79 Å². The molecule has 2 atom stereocenters. The molecule has 32 heavy (non-hydrogen) atoms. The fourth-order valence-corrected chi connectivity index (χ4v) is 3.10. The Balaban J connectivity index is 2.05.